The number of hydrogen-bond acceptors (Lipinski definition) is 3. The molecule has 0 spiro atoms. The van der Waals surface area contributed by atoms with Crippen LogP contribution < -0.4 is 11.1 Å². The molecule has 1 aliphatic heterocycles. The summed E-state index contributed by atoms with van der Waals surface area (Å²) in [7, 11) is 2.23. The Morgan fingerprint density at radius 1 is 1.44 bits per heavy atom. The molecule has 0 aromatic carbocycles. The molecule has 0 aliphatic carbocycles. The van der Waals surface area contributed by atoms with E-state index in [2.05, 4.69) is 31.1 Å². The van der Waals surface area contributed by atoms with Gasteiger partial charge >= 0.3 is 0 Å². The van der Waals surface area contributed by atoms with Crippen LogP contribution in [0.15, 0.2) is 0 Å². The van der Waals surface area contributed by atoms with Crippen molar-refractivity contribution in [2.45, 2.75) is 33.1 Å². The van der Waals surface area contributed by atoms with Crippen molar-refractivity contribution >= 4 is 0 Å². The average molecular weight is 227 g/mol. The molecular weight excluding hydrogens is 198 g/mol. The number of nitrogens with one attached hydrogen (secondary N) is 1. The molecule has 3 heteroatoms. The van der Waals surface area contributed by atoms with Crippen LogP contribution in [0.25, 0.3) is 0 Å². The first-order chi connectivity index (χ1) is 7.53. The minimum atomic E-state index is 0.343. The zero-order valence-corrected chi connectivity index (χ0v) is 11.3. The molecule has 0 aromatic heterocycles. The van der Waals surface area contributed by atoms with E-state index in [1.807, 2.05) is 0 Å². The molecule has 0 bridgehead atoms. The van der Waals surface area contributed by atoms with E-state index in [1.165, 1.54) is 32.5 Å². The van der Waals surface area contributed by atoms with Gasteiger partial charge in [-0.1, -0.05) is 13.8 Å². The monoisotopic (exact) mass is 227 g/mol. The number of hydrogen-bond donors (Lipinski definition) is 2. The van der Waals surface area contributed by atoms with Gasteiger partial charge in [0.2, 0.25) is 0 Å². The third-order valence-electron chi connectivity index (χ3n) is 3.58. The Hall–Kier alpha value is -0.120. The first-order valence-electron chi connectivity index (χ1n) is 6.63. The average Bonchev–Trinajstić information content (AvgIpc) is 2.17. The second-order valence-electron chi connectivity index (χ2n) is 6.10. The Labute approximate surface area is 101 Å². The van der Waals surface area contributed by atoms with Crippen molar-refractivity contribution in [2.75, 3.05) is 39.8 Å². The van der Waals surface area contributed by atoms with Crippen LogP contribution in [0.2, 0.25) is 0 Å². The summed E-state index contributed by atoms with van der Waals surface area (Å²) in [5.41, 5.74) is 5.96. The van der Waals surface area contributed by atoms with E-state index in [0.29, 0.717) is 5.41 Å². The fourth-order valence-corrected chi connectivity index (χ4v) is 2.53. The van der Waals surface area contributed by atoms with Gasteiger partial charge in [0.15, 0.2) is 0 Å². The van der Waals surface area contributed by atoms with Crippen molar-refractivity contribution in [2.24, 2.45) is 17.1 Å². The van der Waals surface area contributed by atoms with Crippen molar-refractivity contribution in [3.8, 4) is 0 Å². The van der Waals surface area contributed by atoms with E-state index >= 15 is 0 Å². The van der Waals surface area contributed by atoms with Crippen LogP contribution in [0.4, 0.5) is 0 Å². The van der Waals surface area contributed by atoms with Crippen molar-refractivity contribution in [1.29, 1.82) is 0 Å². The molecule has 1 saturated heterocycles. The SMILES string of the molecule is CN1CCCC(CNCC(C)(C)CCN)C1. The highest BCUT2D eigenvalue weighted by Crippen LogP contribution is 2.18. The molecule has 96 valence electrons. The molecule has 1 atom stereocenters. The van der Waals surface area contributed by atoms with E-state index in [4.69, 9.17) is 5.73 Å². The van der Waals surface area contributed by atoms with Gasteiger partial charge in [-0.25, -0.2) is 0 Å². The second-order valence-corrected chi connectivity index (χ2v) is 6.10. The molecular formula is C13H29N3. The minimum Gasteiger partial charge on any atom is -0.330 e. The Balaban J connectivity index is 2.14. The summed E-state index contributed by atoms with van der Waals surface area (Å²) in [6.45, 7) is 10.2. The van der Waals surface area contributed by atoms with Gasteiger partial charge in [-0.3, -0.25) is 0 Å². The molecule has 3 N–H and O–H groups in total. The van der Waals surface area contributed by atoms with E-state index in [9.17, 15) is 0 Å². The lowest BCUT2D eigenvalue weighted by Crippen LogP contribution is -2.40. The lowest BCUT2D eigenvalue weighted by atomic mass is 9.89. The lowest BCUT2D eigenvalue weighted by Gasteiger charge is -2.31. The second kappa shape index (κ2) is 6.58. The summed E-state index contributed by atoms with van der Waals surface area (Å²) in [5.74, 6) is 0.840. The first kappa shape index (κ1) is 13.9. The fraction of sp³-hybridized carbons (Fsp3) is 1.00. The largest absolute Gasteiger partial charge is 0.330 e. The smallest absolute Gasteiger partial charge is 0.00187 e. The van der Waals surface area contributed by atoms with Gasteiger partial charge in [-0.2, -0.15) is 0 Å². The van der Waals surface area contributed by atoms with Crippen molar-refractivity contribution < 1.29 is 0 Å². The predicted molar refractivity (Wildman–Crippen MR) is 70.5 cm³/mol. The maximum Gasteiger partial charge on any atom is 0.00187 e. The van der Waals surface area contributed by atoms with Gasteiger partial charge in [0.1, 0.15) is 0 Å². The summed E-state index contributed by atoms with van der Waals surface area (Å²) < 4.78 is 0. The summed E-state index contributed by atoms with van der Waals surface area (Å²) in [4.78, 5) is 2.45. The van der Waals surface area contributed by atoms with Crippen LogP contribution in [0.5, 0.6) is 0 Å². The van der Waals surface area contributed by atoms with Gasteiger partial charge in [0.25, 0.3) is 0 Å². The van der Waals surface area contributed by atoms with Crippen molar-refractivity contribution in [3.05, 3.63) is 0 Å². The molecule has 0 aromatic rings. The van der Waals surface area contributed by atoms with Gasteiger partial charge in [0, 0.05) is 13.1 Å². The van der Waals surface area contributed by atoms with Crippen LogP contribution in [-0.4, -0.2) is 44.7 Å². The highest BCUT2D eigenvalue weighted by molar-refractivity contribution is 4.76. The number of rotatable bonds is 6. The normalized spacial score (nSPS) is 23.6. The number of nitrogens with zero attached hydrogens (tertiary/aromatic N) is 1. The molecule has 3 nitrogen and oxygen atoms in total. The lowest BCUT2D eigenvalue weighted by molar-refractivity contribution is 0.200. The Bertz CT molecular complexity index is 192. The molecule has 16 heavy (non-hydrogen) atoms. The summed E-state index contributed by atoms with van der Waals surface area (Å²) in [6, 6.07) is 0. The molecule has 0 saturated carbocycles. The maximum absolute atomic E-state index is 5.61. The Morgan fingerprint density at radius 2 is 2.19 bits per heavy atom. The molecule has 1 unspecified atom stereocenters. The number of nitrogens with two attached hydrogens (primary N) is 1. The molecule has 1 fully saturated rings. The first-order valence-corrected chi connectivity index (χ1v) is 6.63. The highest BCUT2D eigenvalue weighted by atomic mass is 15.1. The van der Waals surface area contributed by atoms with E-state index in [1.54, 1.807) is 0 Å². The maximum atomic E-state index is 5.61. The summed E-state index contributed by atoms with van der Waals surface area (Å²) in [5, 5.41) is 3.62. The van der Waals surface area contributed by atoms with Gasteiger partial charge in [0.05, 0.1) is 0 Å². The zero-order chi connectivity index (χ0) is 12.0. The molecule has 1 aliphatic rings. The van der Waals surface area contributed by atoms with Crippen molar-refractivity contribution in [1.82, 2.24) is 10.2 Å². The van der Waals surface area contributed by atoms with Crippen LogP contribution in [0.1, 0.15) is 33.1 Å². The van der Waals surface area contributed by atoms with Crippen molar-refractivity contribution in [3.63, 3.8) is 0 Å². The standard InChI is InChI=1S/C13H29N3/c1-13(2,6-7-14)11-15-9-12-5-4-8-16(3)10-12/h12,15H,4-11,14H2,1-3H3. The molecule has 1 rings (SSSR count). The van der Waals surface area contributed by atoms with E-state index < -0.39 is 0 Å². The van der Waals surface area contributed by atoms with Crippen LogP contribution in [0, 0.1) is 11.3 Å². The molecule has 1 heterocycles. The minimum absolute atomic E-state index is 0.343. The number of piperidine rings is 1. The van der Waals surface area contributed by atoms with Crippen LogP contribution in [-0.2, 0) is 0 Å². The summed E-state index contributed by atoms with van der Waals surface area (Å²) >= 11 is 0. The quantitative estimate of drug-likeness (QED) is 0.718. The van der Waals surface area contributed by atoms with Gasteiger partial charge in [-0.15, -0.1) is 0 Å². The Morgan fingerprint density at radius 3 is 2.81 bits per heavy atom. The van der Waals surface area contributed by atoms with Crippen LogP contribution in [0.3, 0.4) is 0 Å². The highest BCUT2D eigenvalue weighted by Gasteiger charge is 2.19. The Kier molecular flexibility index (Phi) is 5.73. The van der Waals surface area contributed by atoms with E-state index in [-0.39, 0.29) is 0 Å². The molecule has 0 amide bonds. The van der Waals surface area contributed by atoms with E-state index in [0.717, 1.165) is 25.4 Å². The van der Waals surface area contributed by atoms with Gasteiger partial charge < -0.3 is 16.0 Å². The third kappa shape index (κ3) is 5.28. The third-order valence-corrected chi connectivity index (χ3v) is 3.58. The predicted octanol–water partition coefficient (Wildman–Crippen LogP) is 1.29. The zero-order valence-electron chi connectivity index (χ0n) is 11.3. The summed E-state index contributed by atoms with van der Waals surface area (Å²) in [6.07, 6.45) is 3.84. The fourth-order valence-electron chi connectivity index (χ4n) is 2.53. The van der Waals surface area contributed by atoms with Crippen LogP contribution >= 0.6 is 0 Å². The molecule has 0 radical (unpaired) electrons. The number of likely N-dealkylation sites (tertiary alicyclic amines) is 1. The topological polar surface area (TPSA) is 41.3 Å². The van der Waals surface area contributed by atoms with Gasteiger partial charge in [-0.05, 0) is 57.3 Å².